The number of hydrogen-bond acceptors (Lipinski definition) is 3. The van der Waals surface area contributed by atoms with Crippen molar-refractivity contribution in [2.24, 2.45) is 0 Å². The Hall–Kier alpha value is -2.80. The van der Waals surface area contributed by atoms with Crippen molar-refractivity contribution < 1.29 is 18.7 Å². The van der Waals surface area contributed by atoms with Gasteiger partial charge in [-0.15, -0.1) is 0 Å². The molecule has 0 aliphatic carbocycles. The van der Waals surface area contributed by atoms with Crippen molar-refractivity contribution in [3.63, 3.8) is 0 Å². The molecule has 120 valence electrons. The van der Waals surface area contributed by atoms with Crippen LogP contribution in [0.5, 0.6) is 0 Å². The standard InChI is InChI=1S/C16H14F2N2O3/c1-2-19-15(22)11-4-3-7-20(16(11)23)14(9-21)10-5-6-12(17)13(18)8-10/h2-8,14,21H,1,9H2,(H,19,22)/t14-/m0/s1. The molecular weight excluding hydrogens is 306 g/mol. The van der Waals surface area contributed by atoms with Crippen LogP contribution >= 0.6 is 0 Å². The zero-order valence-electron chi connectivity index (χ0n) is 12.0. The number of amides is 1. The van der Waals surface area contributed by atoms with Crippen LogP contribution in [0.3, 0.4) is 0 Å². The molecule has 23 heavy (non-hydrogen) atoms. The lowest BCUT2D eigenvalue weighted by atomic mass is 10.1. The van der Waals surface area contributed by atoms with E-state index in [4.69, 9.17) is 0 Å². The number of nitrogens with zero attached hydrogens (tertiary/aromatic N) is 1. The molecule has 0 saturated heterocycles. The fraction of sp³-hybridized carbons (Fsp3) is 0.125. The predicted molar refractivity (Wildman–Crippen MR) is 79.9 cm³/mol. The minimum atomic E-state index is -1.09. The van der Waals surface area contributed by atoms with Gasteiger partial charge in [-0.05, 0) is 36.0 Å². The Bertz CT molecular complexity index is 802. The van der Waals surface area contributed by atoms with E-state index in [1.54, 1.807) is 0 Å². The molecule has 1 atom stereocenters. The third-order valence-corrected chi connectivity index (χ3v) is 3.29. The minimum absolute atomic E-state index is 0.159. The molecular formula is C16H14F2N2O3. The van der Waals surface area contributed by atoms with E-state index < -0.39 is 35.7 Å². The molecule has 7 heteroatoms. The Morgan fingerprint density at radius 1 is 1.35 bits per heavy atom. The molecule has 2 N–H and O–H groups in total. The first-order valence-corrected chi connectivity index (χ1v) is 6.68. The average molecular weight is 320 g/mol. The van der Waals surface area contributed by atoms with E-state index in [-0.39, 0.29) is 11.1 Å². The lowest BCUT2D eigenvalue weighted by Gasteiger charge is -2.18. The monoisotopic (exact) mass is 320 g/mol. The highest BCUT2D eigenvalue weighted by molar-refractivity contribution is 5.94. The number of carbonyl (C=O) groups is 1. The van der Waals surface area contributed by atoms with Gasteiger partial charge >= 0.3 is 0 Å². The number of aliphatic hydroxyl groups is 1. The van der Waals surface area contributed by atoms with Crippen LogP contribution in [0.25, 0.3) is 0 Å². The molecule has 2 aromatic rings. The largest absolute Gasteiger partial charge is 0.394 e. The number of aliphatic hydroxyl groups excluding tert-OH is 1. The van der Waals surface area contributed by atoms with Gasteiger partial charge in [0.1, 0.15) is 5.56 Å². The van der Waals surface area contributed by atoms with Gasteiger partial charge < -0.3 is 15.0 Å². The summed E-state index contributed by atoms with van der Waals surface area (Å²) in [4.78, 5) is 24.2. The van der Waals surface area contributed by atoms with Crippen molar-refractivity contribution in [1.82, 2.24) is 9.88 Å². The number of carbonyl (C=O) groups excluding carboxylic acids is 1. The summed E-state index contributed by atoms with van der Waals surface area (Å²) >= 11 is 0. The van der Waals surface area contributed by atoms with E-state index in [0.717, 1.165) is 22.9 Å². The van der Waals surface area contributed by atoms with Crippen molar-refractivity contribution in [2.45, 2.75) is 6.04 Å². The second-order valence-corrected chi connectivity index (χ2v) is 4.68. The average Bonchev–Trinajstić information content (AvgIpc) is 2.53. The molecule has 0 radical (unpaired) electrons. The highest BCUT2D eigenvalue weighted by Crippen LogP contribution is 2.19. The molecule has 1 aromatic carbocycles. The van der Waals surface area contributed by atoms with Gasteiger partial charge in [0.15, 0.2) is 11.6 Å². The van der Waals surface area contributed by atoms with Crippen molar-refractivity contribution >= 4 is 5.91 Å². The maximum atomic E-state index is 13.4. The molecule has 0 spiro atoms. The molecule has 0 saturated carbocycles. The minimum Gasteiger partial charge on any atom is -0.394 e. The Morgan fingerprint density at radius 3 is 2.70 bits per heavy atom. The summed E-state index contributed by atoms with van der Waals surface area (Å²) in [6.07, 6.45) is 2.49. The van der Waals surface area contributed by atoms with E-state index in [1.807, 2.05) is 0 Å². The number of pyridine rings is 1. The van der Waals surface area contributed by atoms with Gasteiger partial charge in [0.25, 0.3) is 11.5 Å². The van der Waals surface area contributed by atoms with Gasteiger partial charge in [-0.1, -0.05) is 12.6 Å². The number of rotatable bonds is 5. The highest BCUT2D eigenvalue weighted by Gasteiger charge is 2.19. The second kappa shape index (κ2) is 6.97. The fourth-order valence-corrected chi connectivity index (χ4v) is 2.17. The number of aromatic nitrogens is 1. The first-order valence-electron chi connectivity index (χ1n) is 6.68. The van der Waals surface area contributed by atoms with Crippen LogP contribution in [0.15, 0.2) is 54.1 Å². The van der Waals surface area contributed by atoms with Gasteiger partial charge in [-0.3, -0.25) is 9.59 Å². The van der Waals surface area contributed by atoms with E-state index in [2.05, 4.69) is 11.9 Å². The lowest BCUT2D eigenvalue weighted by Crippen LogP contribution is -2.34. The van der Waals surface area contributed by atoms with Gasteiger partial charge in [0, 0.05) is 6.20 Å². The summed E-state index contributed by atoms with van der Waals surface area (Å²) in [5.74, 6) is -2.77. The van der Waals surface area contributed by atoms with E-state index >= 15 is 0 Å². The van der Waals surface area contributed by atoms with Crippen molar-refractivity contribution in [1.29, 1.82) is 0 Å². The highest BCUT2D eigenvalue weighted by atomic mass is 19.2. The van der Waals surface area contributed by atoms with Gasteiger partial charge in [-0.25, -0.2) is 8.78 Å². The lowest BCUT2D eigenvalue weighted by molar-refractivity contribution is 0.0967. The number of benzene rings is 1. The first-order chi connectivity index (χ1) is 11.0. The predicted octanol–water partition coefficient (Wildman–Crippen LogP) is 1.58. The van der Waals surface area contributed by atoms with Crippen LogP contribution in [0.4, 0.5) is 8.78 Å². The van der Waals surface area contributed by atoms with E-state index in [0.29, 0.717) is 0 Å². The summed E-state index contributed by atoms with van der Waals surface area (Å²) in [7, 11) is 0. The van der Waals surface area contributed by atoms with Crippen LogP contribution in [-0.2, 0) is 0 Å². The third-order valence-electron chi connectivity index (χ3n) is 3.29. The molecule has 0 fully saturated rings. The maximum absolute atomic E-state index is 13.4. The van der Waals surface area contributed by atoms with Gasteiger partial charge in [0.05, 0.1) is 12.6 Å². The van der Waals surface area contributed by atoms with Crippen LogP contribution in [-0.4, -0.2) is 22.2 Å². The summed E-state index contributed by atoms with van der Waals surface area (Å²) < 4.78 is 27.5. The summed E-state index contributed by atoms with van der Waals surface area (Å²) in [6.45, 7) is 2.81. The summed E-state index contributed by atoms with van der Waals surface area (Å²) in [6, 6.07) is 4.89. The Morgan fingerprint density at radius 2 is 2.09 bits per heavy atom. The zero-order chi connectivity index (χ0) is 17.0. The molecule has 1 aromatic heterocycles. The Labute approximate surface area is 130 Å². The van der Waals surface area contributed by atoms with E-state index in [1.165, 1.54) is 24.4 Å². The van der Waals surface area contributed by atoms with Crippen molar-refractivity contribution in [2.75, 3.05) is 6.61 Å². The molecule has 2 rings (SSSR count). The topological polar surface area (TPSA) is 71.3 Å². The molecule has 1 heterocycles. The van der Waals surface area contributed by atoms with Crippen molar-refractivity contribution in [3.05, 3.63) is 82.4 Å². The van der Waals surface area contributed by atoms with Crippen LogP contribution in [0.2, 0.25) is 0 Å². The molecule has 0 bridgehead atoms. The SMILES string of the molecule is C=CNC(=O)c1cccn([C@@H](CO)c2ccc(F)c(F)c2)c1=O. The van der Waals surface area contributed by atoms with Crippen molar-refractivity contribution in [3.8, 4) is 0 Å². The molecule has 0 aliphatic heterocycles. The smallest absolute Gasteiger partial charge is 0.264 e. The van der Waals surface area contributed by atoms with Gasteiger partial charge in [-0.2, -0.15) is 0 Å². The third kappa shape index (κ3) is 3.35. The van der Waals surface area contributed by atoms with E-state index in [9.17, 15) is 23.5 Å². The molecule has 5 nitrogen and oxygen atoms in total. The fourth-order valence-electron chi connectivity index (χ4n) is 2.17. The zero-order valence-corrected chi connectivity index (χ0v) is 12.0. The Balaban J connectivity index is 2.52. The number of nitrogens with one attached hydrogen (secondary N) is 1. The van der Waals surface area contributed by atoms with Crippen LogP contribution < -0.4 is 10.9 Å². The second-order valence-electron chi connectivity index (χ2n) is 4.68. The van der Waals surface area contributed by atoms with Gasteiger partial charge in [0.2, 0.25) is 0 Å². The molecule has 0 aliphatic rings. The van der Waals surface area contributed by atoms with Crippen LogP contribution in [0, 0.1) is 11.6 Å². The van der Waals surface area contributed by atoms with Crippen LogP contribution in [0.1, 0.15) is 22.0 Å². The number of hydrogen-bond donors (Lipinski definition) is 2. The molecule has 1 amide bonds. The Kier molecular flexibility index (Phi) is 5.02. The summed E-state index contributed by atoms with van der Waals surface area (Å²) in [5, 5.41) is 11.8. The summed E-state index contributed by atoms with van der Waals surface area (Å²) in [5.41, 5.74) is -0.626. The molecule has 0 unspecified atom stereocenters. The number of halogens is 2. The first kappa shape index (κ1) is 16.6. The maximum Gasteiger partial charge on any atom is 0.264 e. The quantitative estimate of drug-likeness (QED) is 0.879. The normalized spacial score (nSPS) is 11.8.